The smallest absolute Gasteiger partial charge is 0.401 e. The van der Waals surface area contributed by atoms with E-state index in [1.807, 2.05) is 0 Å². The molecule has 21 heavy (non-hydrogen) atoms. The van der Waals surface area contributed by atoms with E-state index in [0.29, 0.717) is 25.0 Å². The normalized spacial score (nSPS) is 29.3. The Morgan fingerprint density at radius 1 is 1.38 bits per heavy atom. The fourth-order valence-corrected chi connectivity index (χ4v) is 3.36. The number of halogens is 3. The fourth-order valence-electron chi connectivity index (χ4n) is 3.36. The van der Waals surface area contributed by atoms with Crippen LogP contribution in [0.3, 0.4) is 0 Å². The molecule has 2 aliphatic rings. The lowest BCUT2D eigenvalue weighted by Crippen LogP contribution is -2.55. The summed E-state index contributed by atoms with van der Waals surface area (Å²) in [5.41, 5.74) is 0. The molecule has 2 fully saturated rings. The van der Waals surface area contributed by atoms with E-state index in [1.54, 1.807) is 0 Å². The molecule has 3 unspecified atom stereocenters. The van der Waals surface area contributed by atoms with Crippen LogP contribution in [0.1, 0.15) is 32.6 Å². The molecule has 1 aliphatic carbocycles. The summed E-state index contributed by atoms with van der Waals surface area (Å²) in [5.74, 6) is -0.910. The topological polar surface area (TPSA) is 52.6 Å². The summed E-state index contributed by atoms with van der Waals surface area (Å²) in [7, 11) is 0. The molecule has 2 N–H and O–H groups in total. The standard InChI is InChI=1S/C14H23F3N2O2/c1-2-12(9-3-4-9)19-6-10(13(20)21)5-11(7-19)18-8-14(15,16)17/h9-12,18H,2-8H2,1H3,(H,20,21). The van der Waals surface area contributed by atoms with Gasteiger partial charge in [0.2, 0.25) is 0 Å². The predicted octanol–water partition coefficient (Wildman–Crippen LogP) is 2.10. The van der Waals surface area contributed by atoms with Crippen molar-refractivity contribution >= 4 is 5.97 Å². The first kappa shape index (κ1) is 16.5. The van der Waals surface area contributed by atoms with Gasteiger partial charge in [0.25, 0.3) is 0 Å². The molecule has 0 amide bonds. The van der Waals surface area contributed by atoms with E-state index < -0.39 is 30.7 Å². The minimum Gasteiger partial charge on any atom is -0.481 e. The van der Waals surface area contributed by atoms with Crippen LogP contribution in [-0.4, -0.2) is 53.9 Å². The summed E-state index contributed by atoms with van der Waals surface area (Å²) in [5, 5.41) is 11.7. The Morgan fingerprint density at radius 3 is 2.52 bits per heavy atom. The quantitative estimate of drug-likeness (QED) is 0.789. The van der Waals surface area contributed by atoms with Gasteiger partial charge in [0.05, 0.1) is 12.5 Å². The second-order valence-electron chi connectivity index (χ2n) is 6.23. The number of nitrogens with one attached hydrogen (secondary N) is 1. The molecular formula is C14H23F3N2O2. The van der Waals surface area contributed by atoms with Crippen LogP contribution in [0.15, 0.2) is 0 Å². The first-order valence-corrected chi connectivity index (χ1v) is 7.57. The number of hydrogen-bond donors (Lipinski definition) is 2. The number of carboxylic acid groups (broad SMARTS) is 1. The Morgan fingerprint density at radius 2 is 2.05 bits per heavy atom. The van der Waals surface area contributed by atoms with Crippen LogP contribution < -0.4 is 5.32 Å². The number of likely N-dealkylation sites (tertiary alicyclic amines) is 1. The minimum absolute atomic E-state index is 0.267. The number of hydrogen-bond acceptors (Lipinski definition) is 3. The van der Waals surface area contributed by atoms with Gasteiger partial charge in [-0.1, -0.05) is 6.92 Å². The Kier molecular flexibility index (Phi) is 5.14. The molecule has 1 saturated carbocycles. The molecule has 7 heteroatoms. The molecule has 1 saturated heterocycles. The highest BCUT2D eigenvalue weighted by molar-refractivity contribution is 5.70. The van der Waals surface area contributed by atoms with Gasteiger partial charge in [-0.05, 0) is 31.6 Å². The van der Waals surface area contributed by atoms with E-state index >= 15 is 0 Å². The molecule has 1 heterocycles. The van der Waals surface area contributed by atoms with Crippen LogP contribution >= 0.6 is 0 Å². The minimum atomic E-state index is -4.26. The van der Waals surface area contributed by atoms with Crippen molar-refractivity contribution in [2.75, 3.05) is 19.6 Å². The van der Waals surface area contributed by atoms with Crippen molar-refractivity contribution in [3.05, 3.63) is 0 Å². The maximum atomic E-state index is 12.3. The van der Waals surface area contributed by atoms with Crippen molar-refractivity contribution in [1.29, 1.82) is 0 Å². The Bertz CT molecular complexity index is 372. The van der Waals surface area contributed by atoms with Crippen molar-refractivity contribution in [1.82, 2.24) is 10.2 Å². The summed E-state index contributed by atoms with van der Waals surface area (Å²) < 4.78 is 37.0. The number of piperidine rings is 1. The second kappa shape index (κ2) is 6.52. The van der Waals surface area contributed by atoms with Gasteiger partial charge >= 0.3 is 12.1 Å². The molecule has 0 spiro atoms. The summed E-state index contributed by atoms with van der Waals surface area (Å²) in [6.07, 6.45) is -0.783. The molecule has 4 nitrogen and oxygen atoms in total. The lowest BCUT2D eigenvalue weighted by molar-refractivity contribution is -0.145. The van der Waals surface area contributed by atoms with E-state index in [-0.39, 0.29) is 6.42 Å². The maximum absolute atomic E-state index is 12.3. The number of aliphatic carboxylic acids is 1. The van der Waals surface area contributed by atoms with Gasteiger partial charge in [0.15, 0.2) is 0 Å². The number of alkyl halides is 3. The van der Waals surface area contributed by atoms with Gasteiger partial charge in [-0.15, -0.1) is 0 Å². The molecule has 2 rings (SSSR count). The lowest BCUT2D eigenvalue weighted by atomic mass is 9.91. The SMILES string of the molecule is CCC(C1CC1)N1CC(NCC(F)(F)F)CC(C(=O)O)C1. The number of nitrogens with zero attached hydrogens (tertiary/aromatic N) is 1. The number of carbonyl (C=O) groups is 1. The molecule has 0 aromatic heterocycles. The van der Waals surface area contributed by atoms with Gasteiger partial charge < -0.3 is 10.4 Å². The summed E-state index contributed by atoms with van der Waals surface area (Å²) in [6, 6.07) is -0.100. The van der Waals surface area contributed by atoms with Crippen LogP contribution in [0.25, 0.3) is 0 Å². The predicted molar refractivity (Wildman–Crippen MR) is 72.0 cm³/mol. The number of rotatable bonds is 6. The van der Waals surface area contributed by atoms with E-state index in [0.717, 1.165) is 19.3 Å². The Hall–Kier alpha value is -0.820. The third-order valence-electron chi connectivity index (χ3n) is 4.47. The van der Waals surface area contributed by atoms with Gasteiger partial charge in [-0.3, -0.25) is 9.69 Å². The highest BCUT2D eigenvalue weighted by Gasteiger charge is 2.40. The Labute approximate surface area is 122 Å². The zero-order chi connectivity index (χ0) is 15.6. The molecule has 0 aromatic rings. The van der Waals surface area contributed by atoms with Crippen LogP contribution in [0.5, 0.6) is 0 Å². The molecule has 0 aromatic carbocycles. The molecular weight excluding hydrogens is 285 g/mol. The van der Waals surface area contributed by atoms with E-state index in [2.05, 4.69) is 17.1 Å². The third-order valence-corrected chi connectivity index (χ3v) is 4.47. The van der Waals surface area contributed by atoms with E-state index in [4.69, 9.17) is 0 Å². The first-order chi connectivity index (χ1) is 9.80. The van der Waals surface area contributed by atoms with E-state index in [1.165, 1.54) is 0 Å². The van der Waals surface area contributed by atoms with E-state index in [9.17, 15) is 23.1 Å². The first-order valence-electron chi connectivity index (χ1n) is 7.57. The summed E-state index contributed by atoms with van der Waals surface area (Å²) >= 11 is 0. The Balaban J connectivity index is 1.99. The lowest BCUT2D eigenvalue weighted by Gasteiger charge is -2.41. The van der Waals surface area contributed by atoms with Gasteiger partial charge in [-0.25, -0.2) is 0 Å². The van der Waals surface area contributed by atoms with Crippen LogP contribution in [0.4, 0.5) is 13.2 Å². The molecule has 1 aliphatic heterocycles. The molecule has 3 atom stereocenters. The number of carboxylic acids is 1. The summed E-state index contributed by atoms with van der Waals surface area (Å²) in [6.45, 7) is 1.97. The van der Waals surface area contributed by atoms with Crippen molar-refractivity contribution < 1.29 is 23.1 Å². The van der Waals surface area contributed by atoms with Crippen LogP contribution in [0, 0.1) is 11.8 Å². The van der Waals surface area contributed by atoms with Gasteiger partial charge in [0, 0.05) is 25.2 Å². The molecule has 0 radical (unpaired) electrons. The van der Waals surface area contributed by atoms with Crippen molar-refractivity contribution in [2.45, 2.75) is 50.9 Å². The van der Waals surface area contributed by atoms with Gasteiger partial charge in [0.1, 0.15) is 0 Å². The second-order valence-corrected chi connectivity index (χ2v) is 6.23. The average molecular weight is 308 g/mol. The van der Waals surface area contributed by atoms with Crippen molar-refractivity contribution in [3.8, 4) is 0 Å². The van der Waals surface area contributed by atoms with Crippen molar-refractivity contribution in [2.24, 2.45) is 11.8 Å². The fraction of sp³-hybridized carbons (Fsp3) is 0.929. The maximum Gasteiger partial charge on any atom is 0.401 e. The highest BCUT2D eigenvalue weighted by atomic mass is 19.4. The third kappa shape index (κ3) is 4.85. The van der Waals surface area contributed by atoms with Crippen LogP contribution in [-0.2, 0) is 4.79 Å². The average Bonchev–Trinajstić information content (AvgIpc) is 3.21. The van der Waals surface area contributed by atoms with Crippen LogP contribution in [0.2, 0.25) is 0 Å². The largest absolute Gasteiger partial charge is 0.481 e. The van der Waals surface area contributed by atoms with Crippen molar-refractivity contribution in [3.63, 3.8) is 0 Å². The van der Waals surface area contributed by atoms with Gasteiger partial charge in [-0.2, -0.15) is 13.2 Å². The zero-order valence-electron chi connectivity index (χ0n) is 12.2. The molecule has 122 valence electrons. The highest BCUT2D eigenvalue weighted by Crippen LogP contribution is 2.38. The zero-order valence-corrected chi connectivity index (χ0v) is 12.2. The monoisotopic (exact) mass is 308 g/mol. The molecule has 0 bridgehead atoms. The summed E-state index contributed by atoms with van der Waals surface area (Å²) in [4.78, 5) is 13.4.